The van der Waals surface area contributed by atoms with Crippen molar-refractivity contribution in [3.63, 3.8) is 0 Å². The first-order valence-corrected chi connectivity index (χ1v) is 7.38. The third kappa shape index (κ3) is 3.57. The van der Waals surface area contributed by atoms with Gasteiger partial charge in [0.2, 0.25) is 0 Å². The van der Waals surface area contributed by atoms with Crippen LogP contribution in [-0.2, 0) is 0 Å². The molecule has 0 bridgehead atoms. The van der Waals surface area contributed by atoms with Crippen molar-refractivity contribution in [1.82, 2.24) is 4.98 Å². The van der Waals surface area contributed by atoms with E-state index in [0.717, 1.165) is 23.6 Å². The number of hydrogen-bond donors (Lipinski definition) is 1. The van der Waals surface area contributed by atoms with Gasteiger partial charge in [0, 0.05) is 25.0 Å². The zero-order valence-corrected chi connectivity index (χ0v) is 12.1. The summed E-state index contributed by atoms with van der Waals surface area (Å²) >= 11 is 6.90. The summed E-state index contributed by atoms with van der Waals surface area (Å²) in [5.74, 6) is 1.95. The lowest BCUT2D eigenvalue weighted by molar-refractivity contribution is 0.665. The second-order valence-electron chi connectivity index (χ2n) is 3.87. The summed E-state index contributed by atoms with van der Waals surface area (Å²) in [5, 5.41) is 0. The zero-order valence-electron chi connectivity index (χ0n) is 10.5. The lowest BCUT2D eigenvalue weighted by atomic mass is 10.2. The quantitative estimate of drug-likeness (QED) is 0.803. The highest BCUT2D eigenvalue weighted by Gasteiger charge is 2.17. The number of thiocarbonyl (C=S) groups is 1. The second kappa shape index (κ2) is 6.81. The molecule has 0 fully saturated rings. The Morgan fingerprint density at radius 3 is 2.88 bits per heavy atom. The molecule has 1 heterocycles. The molecule has 2 N–H and O–H groups in total. The first kappa shape index (κ1) is 14.3. The number of anilines is 1. The molecule has 0 amide bonds. The summed E-state index contributed by atoms with van der Waals surface area (Å²) in [6.07, 6.45) is 4.97. The maximum atomic E-state index is 5.73. The third-order valence-corrected chi connectivity index (χ3v) is 3.70. The van der Waals surface area contributed by atoms with E-state index in [1.54, 1.807) is 6.20 Å². The van der Waals surface area contributed by atoms with E-state index in [4.69, 9.17) is 18.0 Å². The normalized spacial score (nSPS) is 12.2. The largest absolute Gasteiger partial charge is 0.389 e. The molecule has 0 aromatic carbocycles. The molecule has 1 unspecified atom stereocenters. The Kier molecular flexibility index (Phi) is 5.71. The van der Waals surface area contributed by atoms with Gasteiger partial charge in [-0.2, -0.15) is 11.8 Å². The van der Waals surface area contributed by atoms with Crippen LogP contribution in [-0.4, -0.2) is 35.1 Å². The van der Waals surface area contributed by atoms with Crippen molar-refractivity contribution in [3.8, 4) is 0 Å². The fraction of sp³-hybridized carbons (Fsp3) is 0.500. The Bertz CT molecular complexity index is 382. The fourth-order valence-electron chi connectivity index (χ4n) is 1.74. The Labute approximate surface area is 113 Å². The molecule has 0 aliphatic carbocycles. The van der Waals surface area contributed by atoms with Gasteiger partial charge in [0.05, 0.1) is 5.56 Å². The average Bonchev–Trinajstić information content (AvgIpc) is 2.35. The van der Waals surface area contributed by atoms with Crippen LogP contribution in [0.4, 0.5) is 5.82 Å². The van der Waals surface area contributed by atoms with Crippen molar-refractivity contribution in [3.05, 3.63) is 23.9 Å². The Hall–Kier alpha value is -0.810. The number of nitrogens with zero attached hydrogens (tertiary/aromatic N) is 2. The minimum atomic E-state index is 0.402. The topological polar surface area (TPSA) is 42.2 Å². The van der Waals surface area contributed by atoms with E-state index >= 15 is 0 Å². The number of rotatable bonds is 6. The molecule has 0 saturated carbocycles. The van der Waals surface area contributed by atoms with Crippen molar-refractivity contribution in [1.29, 1.82) is 0 Å². The first-order valence-electron chi connectivity index (χ1n) is 5.58. The van der Waals surface area contributed by atoms with E-state index in [1.807, 2.05) is 23.9 Å². The number of hydrogen-bond acceptors (Lipinski definition) is 4. The predicted molar refractivity (Wildman–Crippen MR) is 81.0 cm³/mol. The molecule has 0 saturated heterocycles. The van der Waals surface area contributed by atoms with Crippen molar-refractivity contribution >= 4 is 34.8 Å². The molecule has 0 radical (unpaired) electrons. The Balaban J connectivity index is 3.01. The molecule has 0 spiro atoms. The monoisotopic (exact) mass is 269 g/mol. The summed E-state index contributed by atoms with van der Waals surface area (Å²) in [6.45, 7) is 2.18. The molecule has 1 aromatic rings. The lowest BCUT2D eigenvalue weighted by Crippen LogP contribution is -2.35. The number of pyridine rings is 1. The van der Waals surface area contributed by atoms with Gasteiger partial charge in [-0.05, 0) is 24.8 Å². The van der Waals surface area contributed by atoms with E-state index in [-0.39, 0.29) is 0 Å². The lowest BCUT2D eigenvalue weighted by Gasteiger charge is -2.29. The summed E-state index contributed by atoms with van der Waals surface area (Å²) in [5.41, 5.74) is 6.58. The molecule has 17 heavy (non-hydrogen) atoms. The average molecular weight is 269 g/mol. The van der Waals surface area contributed by atoms with Crippen LogP contribution in [0.25, 0.3) is 0 Å². The fourth-order valence-corrected chi connectivity index (χ4v) is 2.74. The molecule has 94 valence electrons. The van der Waals surface area contributed by atoms with Crippen molar-refractivity contribution < 1.29 is 0 Å². The van der Waals surface area contributed by atoms with Crippen LogP contribution >= 0.6 is 24.0 Å². The molecule has 1 aromatic heterocycles. The van der Waals surface area contributed by atoms with Crippen LogP contribution < -0.4 is 10.6 Å². The molecular formula is C12H19N3S2. The van der Waals surface area contributed by atoms with E-state index in [1.165, 1.54) is 0 Å². The van der Waals surface area contributed by atoms with E-state index in [0.29, 0.717) is 11.0 Å². The molecule has 5 heteroatoms. The van der Waals surface area contributed by atoms with E-state index in [9.17, 15) is 0 Å². The van der Waals surface area contributed by atoms with E-state index in [2.05, 4.69) is 30.1 Å². The summed E-state index contributed by atoms with van der Waals surface area (Å²) in [6, 6.07) is 4.24. The van der Waals surface area contributed by atoms with Crippen molar-refractivity contribution in [2.24, 2.45) is 5.73 Å². The molecule has 1 atom stereocenters. The van der Waals surface area contributed by atoms with Gasteiger partial charge in [0.15, 0.2) is 0 Å². The van der Waals surface area contributed by atoms with E-state index < -0.39 is 0 Å². The van der Waals surface area contributed by atoms with Gasteiger partial charge in [0.25, 0.3) is 0 Å². The van der Waals surface area contributed by atoms with Crippen LogP contribution in [0.5, 0.6) is 0 Å². The van der Waals surface area contributed by atoms with Gasteiger partial charge in [-0.15, -0.1) is 0 Å². The zero-order chi connectivity index (χ0) is 12.8. The molecule has 0 aliphatic heterocycles. The van der Waals surface area contributed by atoms with Gasteiger partial charge in [-0.3, -0.25) is 0 Å². The highest BCUT2D eigenvalue weighted by Crippen LogP contribution is 2.20. The highest BCUT2D eigenvalue weighted by atomic mass is 32.2. The van der Waals surface area contributed by atoms with Crippen molar-refractivity contribution in [2.45, 2.75) is 19.4 Å². The minimum Gasteiger partial charge on any atom is -0.389 e. The molecule has 3 nitrogen and oxygen atoms in total. The summed E-state index contributed by atoms with van der Waals surface area (Å²) in [7, 11) is 2.05. The predicted octanol–water partition coefficient (Wildman–Crippen LogP) is 2.29. The number of aromatic nitrogens is 1. The van der Waals surface area contributed by atoms with Gasteiger partial charge >= 0.3 is 0 Å². The van der Waals surface area contributed by atoms with Crippen LogP contribution in [0.15, 0.2) is 18.3 Å². The van der Waals surface area contributed by atoms with Crippen LogP contribution in [0.1, 0.15) is 18.9 Å². The van der Waals surface area contributed by atoms with Crippen LogP contribution in [0.3, 0.4) is 0 Å². The molecular weight excluding hydrogens is 250 g/mol. The Morgan fingerprint density at radius 2 is 2.35 bits per heavy atom. The smallest absolute Gasteiger partial charge is 0.138 e. The molecule has 0 aliphatic rings. The maximum absolute atomic E-state index is 5.73. The standard InChI is InChI=1S/C12H19N3S2/c1-4-9(8-17-3)15(2)12-10(11(13)16)6-5-7-14-12/h5-7,9H,4,8H2,1-3H3,(H2,13,16). The van der Waals surface area contributed by atoms with Gasteiger partial charge in [0.1, 0.15) is 10.8 Å². The Morgan fingerprint density at radius 1 is 1.65 bits per heavy atom. The number of nitrogens with two attached hydrogens (primary N) is 1. The first-order chi connectivity index (χ1) is 8.11. The highest BCUT2D eigenvalue weighted by molar-refractivity contribution is 7.98. The summed E-state index contributed by atoms with van der Waals surface area (Å²) < 4.78 is 0. The minimum absolute atomic E-state index is 0.402. The van der Waals surface area contributed by atoms with Crippen LogP contribution in [0.2, 0.25) is 0 Å². The molecule has 1 rings (SSSR count). The van der Waals surface area contributed by atoms with Gasteiger partial charge < -0.3 is 10.6 Å². The third-order valence-electron chi connectivity index (χ3n) is 2.76. The maximum Gasteiger partial charge on any atom is 0.138 e. The summed E-state index contributed by atoms with van der Waals surface area (Å²) in [4.78, 5) is 6.97. The van der Waals surface area contributed by atoms with Gasteiger partial charge in [-0.1, -0.05) is 19.1 Å². The van der Waals surface area contributed by atoms with Gasteiger partial charge in [-0.25, -0.2) is 4.98 Å². The second-order valence-corrected chi connectivity index (χ2v) is 5.22. The van der Waals surface area contributed by atoms with Crippen molar-refractivity contribution in [2.75, 3.05) is 24.0 Å². The number of thioether (sulfide) groups is 1. The SMILES string of the molecule is CCC(CSC)N(C)c1ncccc1C(N)=S. The van der Waals surface area contributed by atoms with Crippen LogP contribution in [0, 0.1) is 0 Å².